The van der Waals surface area contributed by atoms with Crippen molar-refractivity contribution in [1.82, 2.24) is 5.32 Å². The van der Waals surface area contributed by atoms with Gasteiger partial charge in [0.15, 0.2) is 11.5 Å². The first-order valence-corrected chi connectivity index (χ1v) is 9.72. The Balaban J connectivity index is 2.04. The summed E-state index contributed by atoms with van der Waals surface area (Å²) in [6.45, 7) is 2.09. The highest BCUT2D eigenvalue weighted by Gasteiger charge is 2.36. The third-order valence-corrected chi connectivity index (χ3v) is 4.93. The molecule has 7 nitrogen and oxygen atoms in total. The van der Waals surface area contributed by atoms with Gasteiger partial charge in [-0.25, -0.2) is 9.69 Å². The number of amides is 4. The average molecular weight is 510 g/mol. The van der Waals surface area contributed by atoms with Crippen LogP contribution in [0, 0.1) is 0 Å². The van der Waals surface area contributed by atoms with Crippen LogP contribution < -0.4 is 15.0 Å². The lowest BCUT2D eigenvalue weighted by atomic mass is 10.1. The second-order valence-corrected chi connectivity index (χ2v) is 7.49. The fourth-order valence-corrected chi connectivity index (χ4v) is 3.46. The number of carbonyl (C=O) groups is 3. The van der Waals surface area contributed by atoms with Gasteiger partial charge in [-0.1, -0.05) is 22.0 Å². The number of urea groups is 1. The number of halogens is 2. The molecule has 1 aliphatic heterocycles. The molecule has 28 heavy (non-hydrogen) atoms. The van der Waals surface area contributed by atoms with Gasteiger partial charge < -0.3 is 9.84 Å². The quantitative estimate of drug-likeness (QED) is 0.480. The smallest absolute Gasteiger partial charge is 0.335 e. The number of hydrogen-bond donors (Lipinski definition) is 2. The van der Waals surface area contributed by atoms with Crippen molar-refractivity contribution in [2.24, 2.45) is 0 Å². The van der Waals surface area contributed by atoms with E-state index in [-0.39, 0.29) is 17.1 Å². The summed E-state index contributed by atoms with van der Waals surface area (Å²) in [7, 11) is 0. The maximum Gasteiger partial charge on any atom is 0.335 e. The Morgan fingerprint density at radius 2 is 1.93 bits per heavy atom. The van der Waals surface area contributed by atoms with Crippen LogP contribution in [-0.4, -0.2) is 29.6 Å². The summed E-state index contributed by atoms with van der Waals surface area (Å²) >= 11 is 6.51. The molecule has 0 aromatic heterocycles. The minimum atomic E-state index is -0.827. The van der Waals surface area contributed by atoms with Crippen LogP contribution in [0.4, 0.5) is 10.5 Å². The minimum absolute atomic E-state index is 0.0886. The van der Waals surface area contributed by atoms with Gasteiger partial charge >= 0.3 is 6.03 Å². The van der Waals surface area contributed by atoms with Crippen molar-refractivity contribution in [2.75, 3.05) is 11.5 Å². The van der Waals surface area contributed by atoms with E-state index in [0.29, 0.717) is 26.8 Å². The van der Waals surface area contributed by atoms with Crippen molar-refractivity contribution >= 4 is 61.5 Å². The summed E-state index contributed by atoms with van der Waals surface area (Å²) in [6, 6.07) is 8.80. The second kappa shape index (κ2) is 8.15. The lowest BCUT2D eigenvalue weighted by Gasteiger charge is -2.26. The summed E-state index contributed by atoms with van der Waals surface area (Å²) < 4.78 is 6.38. The number of aromatic hydroxyl groups is 1. The number of carbonyl (C=O) groups excluding carboxylic acids is 3. The summed E-state index contributed by atoms with van der Waals surface area (Å²) in [6.07, 6.45) is 1.34. The van der Waals surface area contributed by atoms with E-state index in [1.54, 1.807) is 31.2 Å². The second-order valence-electron chi connectivity index (χ2n) is 5.72. The molecule has 0 aliphatic carbocycles. The van der Waals surface area contributed by atoms with Crippen molar-refractivity contribution in [3.8, 4) is 11.5 Å². The molecule has 3 rings (SSSR count). The molecule has 1 aliphatic rings. The van der Waals surface area contributed by atoms with Gasteiger partial charge in [0, 0.05) is 4.47 Å². The zero-order chi connectivity index (χ0) is 20.4. The average Bonchev–Trinajstić information content (AvgIpc) is 2.63. The van der Waals surface area contributed by atoms with Crippen molar-refractivity contribution in [2.45, 2.75) is 6.92 Å². The van der Waals surface area contributed by atoms with Crippen molar-refractivity contribution in [3.63, 3.8) is 0 Å². The van der Waals surface area contributed by atoms with Crippen LogP contribution in [0.15, 0.2) is 50.9 Å². The molecule has 9 heteroatoms. The Bertz CT molecular complexity index is 1020. The molecule has 0 radical (unpaired) electrons. The molecule has 0 unspecified atom stereocenters. The number of rotatable bonds is 4. The lowest BCUT2D eigenvalue weighted by molar-refractivity contribution is -0.122. The van der Waals surface area contributed by atoms with Crippen molar-refractivity contribution in [3.05, 3.63) is 56.5 Å². The summed E-state index contributed by atoms with van der Waals surface area (Å²) in [5.41, 5.74) is 0.534. The Kier molecular flexibility index (Phi) is 5.85. The van der Waals surface area contributed by atoms with E-state index in [2.05, 4.69) is 37.2 Å². The van der Waals surface area contributed by atoms with E-state index in [1.807, 2.05) is 0 Å². The number of barbiturate groups is 1. The van der Waals surface area contributed by atoms with E-state index in [9.17, 15) is 19.5 Å². The fourth-order valence-electron chi connectivity index (χ4n) is 2.62. The van der Waals surface area contributed by atoms with Crippen LogP contribution in [0.25, 0.3) is 6.08 Å². The lowest BCUT2D eigenvalue weighted by Crippen LogP contribution is -2.54. The molecular weight excluding hydrogens is 496 g/mol. The number of hydrogen-bond acceptors (Lipinski definition) is 5. The number of nitrogens with one attached hydrogen (secondary N) is 1. The Morgan fingerprint density at radius 3 is 2.61 bits per heavy atom. The van der Waals surface area contributed by atoms with Gasteiger partial charge in [-0.3, -0.25) is 14.9 Å². The van der Waals surface area contributed by atoms with Gasteiger partial charge in [0.2, 0.25) is 0 Å². The van der Waals surface area contributed by atoms with Crippen LogP contribution in [0.2, 0.25) is 0 Å². The van der Waals surface area contributed by atoms with E-state index >= 15 is 0 Å². The minimum Gasteiger partial charge on any atom is -0.503 e. The normalized spacial score (nSPS) is 15.8. The van der Waals surface area contributed by atoms with E-state index in [0.717, 1.165) is 4.90 Å². The van der Waals surface area contributed by atoms with Gasteiger partial charge in [-0.15, -0.1) is 0 Å². The van der Waals surface area contributed by atoms with Crippen LogP contribution in [0.5, 0.6) is 11.5 Å². The highest BCUT2D eigenvalue weighted by molar-refractivity contribution is 9.10. The summed E-state index contributed by atoms with van der Waals surface area (Å²) in [5.74, 6) is -1.45. The van der Waals surface area contributed by atoms with E-state index < -0.39 is 17.8 Å². The van der Waals surface area contributed by atoms with Crippen LogP contribution in [-0.2, 0) is 9.59 Å². The highest BCUT2D eigenvalue weighted by Crippen LogP contribution is 2.36. The summed E-state index contributed by atoms with van der Waals surface area (Å²) in [4.78, 5) is 38.3. The molecule has 2 aromatic rings. The number of imide groups is 2. The van der Waals surface area contributed by atoms with Gasteiger partial charge in [0.25, 0.3) is 11.8 Å². The highest BCUT2D eigenvalue weighted by atomic mass is 79.9. The van der Waals surface area contributed by atoms with Crippen LogP contribution in [0.1, 0.15) is 12.5 Å². The zero-order valence-electron chi connectivity index (χ0n) is 14.5. The summed E-state index contributed by atoms with van der Waals surface area (Å²) in [5, 5.41) is 12.2. The Labute approximate surface area is 177 Å². The molecule has 0 spiro atoms. The predicted octanol–water partition coefficient (Wildman–Crippen LogP) is 3.98. The van der Waals surface area contributed by atoms with Gasteiger partial charge in [-0.2, -0.15) is 0 Å². The molecule has 1 fully saturated rings. The molecular formula is C19H14Br2N2O5. The number of benzene rings is 2. The first-order chi connectivity index (χ1) is 13.3. The molecule has 0 bridgehead atoms. The number of phenolic OH excluding ortho intramolecular Hbond substituents is 1. The van der Waals surface area contributed by atoms with Gasteiger partial charge in [0.1, 0.15) is 5.57 Å². The zero-order valence-corrected chi connectivity index (χ0v) is 17.7. The first kappa shape index (κ1) is 20.1. The largest absolute Gasteiger partial charge is 0.503 e. The molecule has 0 atom stereocenters. The first-order valence-electron chi connectivity index (χ1n) is 8.14. The maximum absolute atomic E-state index is 12.9. The molecule has 1 saturated heterocycles. The van der Waals surface area contributed by atoms with E-state index in [4.69, 9.17) is 4.74 Å². The SMILES string of the molecule is CCOc1cc(C=C2C(=O)NC(=O)N(c3cccc(Br)c3)C2=O)cc(Br)c1O. The number of phenols is 1. The fraction of sp³-hybridized carbons (Fsp3) is 0.105. The van der Waals surface area contributed by atoms with Gasteiger partial charge in [0.05, 0.1) is 16.8 Å². The molecule has 144 valence electrons. The molecule has 0 saturated carbocycles. The Morgan fingerprint density at radius 1 is 1.18 bits per heavy atom. The molecule has 2 N–H and O–H groups in total. The molecule has 4 amide bonds. The van der Waals surface area contributed by atoms with Crippen molar-refractivity contribution < 1.29 is 24.2 Å². The predicted molar refractivity (Wildman–Crippen MR) is 110 cm³/mol. The number of ether oxygens (including phenoxy) is 1. The van der Waals surface area contributed by atoms with Crippen LogP contribution >= 0.6 is 31.9 Å². The number of anilines is 1. The van der Waals surface area contributed by atoms with Gasteiger partial charge in [-0.05, 0) is 64.8 Å². The Hall–Kier alpha value is -2.65. The number of nitrogens with zero attached hydrogens (tertiary/aromatic N) is 1. The monoisotopic (exact) mass is 508 g/mol. The molecule has 1 heterocycles. The molecule has 2 aromatic carbocycles. The standard InChI is InChI=1S/C19H14Br2N2O5/c1-2-28-15-8-10(7-14(21)16(15)24)6-13-17(25)22-19(27)23(18(13)26)12-5-3-4-11(20)9-12/h3-9,24H,2H2,1H3,(H,22,25,27). The van der Waals surface area contributed by atoms with Crippen LogP contribution in [0.3, 0.4) is 0 Å². The topological polar surface area (TPSA) is 95.9 Å². The third kappa shape index (κ3) is 3.95. The van der Waals surface area contributed by atoms with Crippen molar-refractivity contribution in [1.29, 1.82) is 0 Å². The van der Waals surface area contributed by atoms with E-state index in [1.165, 1.54) is 18.2 Å². The maximum atomic E-state index is 12.9. The third-order valence-electron chi connectivity index (χ3n) is 3.83.